The first kappa shape index (κ1) is 37.5. The molecule has 0 amide bonds. The highest BCUT2D eigenvalue weighted by molar-refractivity contribution is 6.79. The Morgan fingerprint density at radius 1 is 0.350 bits per heavy atom. The number of allylic oxidation sites excluding steroid dienone is 4. The molecule has 1 rings (SSSR count). The van der Waals surface area contributed by atoms with E-state index in [1.807, 2.05) is 0 Å². The van der Waals surface area contributed by atoms with Crippen molar-refractivity contribution in [3.8, 4) is 0 Å². The zero-order valence-corrected chi connectivity index (χ0v) is 32.4. The van der Waals surface area contributed by atoms with Crippen LogP contribution in [0.1, 0.15) is 136 Å². The summed E-state index contributed by atoms with van der Waals surface area (Å²) in [5.41, 5.74) is 6.94. The molecule has 0 spiro atoms. The summed E-state index contributed by atoms with van der Waals surface area (Å²) in [7, 11) is -3.69. The van der Waals surface area contributed by atoms with Crippen molar-refractivity contribution in [2.75, 3.05) is 0 Å². The highest BCUT2D eigenvalue weighted by atomic mass is 28.3. The molecule has 0 saturated carbocycles. The van der Waals surface area contributed by atoms with Crippen LogP contribution < -0.4 is 0 Å². The Morgan fingerprint density at radius 2 is 0.500 bits per heavy atom. The molecule has 236 valence electrons. The lowest BCUT2D eigenvalue weighted by Gasteiger charge is -2.58. The molecular weight excluding hydrogens is 517 g/mol. The number of hydrogen-bond donors (Lipinski definition) is 0. The molecule has 0 aromatic heterocycles. The standard InChI is InChI=1S/C36H74N2Si2/c1-17-33-34(18-2)38(40(24-30(11)12,25-31(13)14)26-32(15)16)36(20-4)35(19-3)37(33)39(21-27(5)6,22-28(7)8)23-29(9)10/h27-32H,17-26H2,1-16H3. The van der Waals surface area contributed by atoms with Crippen LogP contribution in [-0.2, 0) is 0 Å². The molecule has 1 aliphatic rings. The van der Waals surface area contributed by atoms with E-state index in [2.05, 4.69) is 120 Å². The lowest BCUT2D eigenvalue weighted by atomic mass is 10.1. The van der Waals surface area contributed by atoms with Crippen LogP contribution in [0.15, 0.2) is 22.8 Å². The fraction of sp³-hybridized carbons (Fsp3) is 0.889. The molecule has 0 bridgehead atoms. The summed E-state index contributed by atoms with van der Waals surface area (Å²) < 4.78 is 6.33. The lowest BCUT2D eigenvalue weighted by Crippen LogP contribution is -2.61. The van der Waals surface area contributed by atoms with Gasteiger partial charge in [-0.2, -0.15) is 0 Å². The molecule has 0 aromatic carbocycles. The van der Waals surface area contributed by atoms with E-state index >= 15 is 0 Å². The van der Waals surface area contributed by atoms with Gasteiger partial charge < -0.3 is 9.13 Å². The molecule has 0 fully saturated rings. The third kappa shape index (κ3) is 9.25. The number of nitrogens with zero attached hydrogens (tertiary/aromatic N) is 2. The Kier molecular flexibility index (Phi) is 15.4. The minimum atomic E-state index is -1.85. The lowest BCUT2D eigenvalue weighted by molar-refractivity contribution is 0.404. The van der Waals surface area contributed by atoms with Gasteiger partial charge in [0.15, 0.2) is 16.5 Å². The van der Waals surface area contributed by atoms with Gasteiger partial charge in [0, 0.05) is 22.8 Å². The first-order valence-corrected chi connectivity index (χ1v) is 22.7. The Bertz CT molecular complexity index is 670. The Labute approximate surface area is 256 Å². The van der Waals surface area contributed by atoms with Gasteiger partial charge in [-0.3, -0.25) is 0 Å². The zero-order chi connectivity index (χ0) is 31.0. The fourth-order valence-corrected chi connectivity index (χ4v) is 23.7. The third-order valence-corrected chi connectivity index (χ3v) is 21.2. The summed E-state index contributed by atoms with van der Waals surface area (Å²) in [6.45, 7) is 39.9. The second-order valence-corrected chi connectivity index (χ2v) is 24.1. The van der Waals surface area contributed by atoms with Crippen molar-refractivity contribution < 1.29 is 0 Å². The van der Waals surface area contributed by atoms with E-state index in [9.17, 15) is 0 Å². The second kappa shape index (κ2) is 16.4. The van der Waals surface area contributed by atoms with Crippen molar-refractivity contribution >= 4 is 16.5 Å². The molecule has 0 unspecified atom stereocenters. The van der Waals surface area contributed by atoms with Crippen LogP contribution in [0.5, 0.6) is 0 Å². The van der Waals surface area contributed by atoms with Crippen molar-refractivity contribution in [3.63, 3.8) is 0 Å². The van der Waals surface area contributed by atoms with Gasteiger partial charge in [-0.1, -0.05) is 111 Å². The summed E-state index contributed by atoms with van der Waals surface area (Å²) in [5.74, 6) is 4.44. The van der Waals surface area contributed by atoms with Crippen LogP contribution >= 0.6 is 0 Å². The van der Waals surface area contributed by atoms with E-state index in [1.54, 1.807) is 22.8 Å². The maximum absolute atomic E-state index is 3.17. The van der Waals surface area contributed by atoms with Gasteiger partial charge in [0.1, 0.15) is 0 Å². The van der Waals surface area contributed by atoms with E-state index in [0.717, 1.165) is 35.5 Å². The molecule has 4 heteroatoms. The highest BCUT2D eigenvalue weighted by Gasteiger charge is 2.51. The predicted molar refractivity (Wildman–Crippen MR) is 188 cm³/mol. The normalized spacial score (nSPS) is 16.1. The largest absolute Gasteiger partial charge is 0.372 e. The highest BCUT2D eigenvalue weighted by Crippen LogP contribution is 2.50. The second-order valence-electron chi connectivity index (χ2n) is 15.9. The SMILES string of the molecule is CCC1=C(CC)N([Si](CC(C)C)(CC(C)C)CC(C)C)C(CC)=C(CC)N1[Si](CC(C)C)(CC(C)C)CC(C)C. The van der Waals surface area contributed by atoms with Crippen molar-refractivity contribution in [2.45, 2.75) is 173 Å². The molecule has 1 heterocycles. The zero-order valence-electron chi connectivity index (χ0n) is 30.4. The van der Waals surface area contributed by atoms with Crippen molar-refractivity contribution in [1.29, 1.82) is 0 Å². The molecule has 0 saturated heterocycles. The molecule has 2 nitrogen and oxygen atoms in total. The quantitative estimate of drug-likeness (QED) is 0.146. The minimum Gasteiger partial charge on any atom is -0.372 e. The number of rotatable bonds is 18. The molecule has 0 atom stereocenters. The Hall–Kier alpha value is -0.486. The van der Waals surface area contributed by atoms with Crippen LogP contribution in [0, 0.1) is 35.5 Å². The van der Waals surface area contributed by atoms with Gasteiger partial charge in [0.05, 0.1) is 0 Å². The van der Waals surface area contributed by atoms with E-state index in [-0.39, 0.29) is 0 Å². The molecular formula is C36H74N2Si2. The maximum atomic E-state index is 3.17. The van der Waals surface area contributed by atoms with Gasteiger partial charge >= 0.3 is 0 Å². The van der Waals surface area contributed by atoms with Gasteiger partial charge in [0.2, 0.25) is 0 Å². The molecule has 0 radical (unpaired) electrons. The van der Waals surface area contributed by atoms with E-state index < -0.39 is 16.5 Å². The average Bonchev–Trinajstić information content (AvgIpc) is 2.78. The molecule has 40 heavy (non-hydrogen) atoms. The monoisotopic (exact) mass is 591 g/mol. The van der Waals surface area contributed by atoms with Gasteiger partial charge in [-0.15, -0.1) is 0 Å². The maximum Gasteiger partial charge on any atom is 0.162 e. The van der Waals surface area contributed by atoms with Gasteiger partial charge in [0.25, 0.3) is 0 Å². The van der Waals surface area contributed by atoms with Crippen molar-refractivity contribution in [1.82, 2.24) is 9.13 Å². The van der Waals surface area contributed by atoms with Crippen molar-refractivity contribution in [3.05, 3.63) is 22.8 Å². The van der Waals surface area contributed by atoms with E-state index in [4.69, 9.17) is 0 Å². The first-order chi connectivity index (χ1) is 18.5. The van der Waals surface area contributed by atoms with Crippen LogP contribution in [0.25, 0.3) is 0 Å². The van der Waals surface area contributed by atoms with Crippen LogP contribution in [0.2, 0.25) is 36.3 Å². The average molecular weight is 591 g/mol. The topological polar surface area (TPSA) is 6.48 Å². The molecule has 1 aliphatic heterocycles. The first-order valence-electron chi connectivity index (χ1n) is 17.6. The smallest absolute Gasteiger partial charge is 0.162 e. The molecule has 0 aliphatic carbocycles. The Balaban J connectivity index is 4.31. The van der Waals surface area contributed by atoms with Gasteiger partial charge in [-0.05, 0) is 97.5 Å². The van der Waals surface area contributed by atoms with Crippen LogP contribution in [-0.4, -0.2) is 25.6 Å². The van der Waals surface area contributed by atoms with E-state index in [1.165, 1.54) is 61.9 Å². The molecule has 0 aromatic rings. The summed E-state index contributed by atoms with van der Waals surface area (Å²) in [4.78, 5) is 0. The number of hydrogen-bond acceptors (Lipinski definition) is 2. The Morgan fingerprint density at radius 3 is 0.600 bits per heavy atom. The van der Waals surface area contributed by atoms with E-state index in [0.29, 0.717) is 0 Å². The summed E-state index contributed by atoms with van der Waals surface area (Å²) in [5, 5.41) is 0. The minimum absolute atomic E-state index is 0.741. The summed E-state index contributed by atoms with van der Waals surface area (Å²) in [6, 6.07) is 8.48. The van der Waals surface area contributed by atoms with Gasteiger partial charge in [-0.25, -0.2) is 0 Å². The van der Waals surface area contributed by atoms with Crippen LogP contribution in [0.3, 0.4) is 0 Å². The van der Waals surface area contributed by atoms with Crippen molar-refractivity contribution in [2.24, 2.45) is 35.5 Å². The fourth-order valence-electron chi connectivity index (χ4n) is 9.04. The summed E-state index contributed by atoms with van der Waals surface area (Å²) >= 11 is 0. The molecule has 0 N–H and O–H groups in total. The third-order valence-electron chi connectivity index (χ3n) is 8.76. The van der Waals surface area contributed by atoms with Crippen LogP contribution in [0.4, 0.5) is 0 Å². The predicted octanol–water partition coefficient (Wildman–Crippen LogP) is 12.5. The summed E-state index contributed by atoms with van der Waals surface area (Å²) in [6.07, 6.45) is 4.66.